The first-order valence-electron chi connectivity index (χ1n) is 8.98. The summed E-state index contributed by atoms with van der Waals surface area (Å²) in [6, 6.07) is 10.2. The molecule has 26 heavy (non-hydrogen) atoms. The van der Waals surface area contributed by atoms with E-state index in [0.29, 0.717) is 13.2 Å². The Morgan fingerprint density at radius 3 is 2.62 bits per heavy atom. The summed E-state index contributed by atoms with van der Waals surface area (Å²) >= 11 is 3.42. The molecule has 1 aliphatic rings. The van der Waals surface area contributed by atoms with Crippen LogP contribution in [-0.4, -0.2) is 60.4 Å². The lowest BCUT2D eigenvalue weighted by Gasteiger charge is -2.36. The van der Waals surface area contributed by atoms with Crippen LogP contribution in [0.4, 0.5) is 5.82 Å². The Morgan fingerprint density at radius 1 is 1.15 bits per heavy atom. The van der Waals surface area contributed by atoms with Crippen LogP contribution < -0.4 is 9.64 Å². The molecule has 1 N–H and O–H groups in total. The normalized spacial score (nSPS) is 16.5. The summed E-state index contributed by atoms with van der Waals surface area (Å²) in [5.41, 5.74) is 2.26. The predicted octanol–water partition coefficient (Wildman–Crippen LogP) is 3.02. The van der Waals surface area contributed by atoms with E-state index in [1.54, 1.807) is 0 Å². The van der Waals surface area contributed by atoms with Gasteiger partial charge in [0.05, 0.1) is 0 Å². The van der Waals surface area contributed by atoms with Crippen LogP contribution in [0.15, 0.2) is 41.0 Å². The number of aliphatic hydroxyl groups is 1. The topological polar surface area (TPSA) is 48.8 Å². The number of pyridine rings is 1. The molecule has 1 unspecified atom stereocenters. The van der Waals surface area contributed by atoms with Gasteiger partial charge in [-0.15, -0.1) is 0 Å². The number of β-amino-alcohol motifs (C(OH)–C–C–N with tert-alkyl or cyclic N) is 1. The zero-order valence-electron chi connectivity index (χ0n) is 15.4. The fourth-order valence-electron chi connectivity index (χ4n) is 3.11. The number of aliphatic hydroxyl groups excluding tert-OH is 1. The van der Waals surface area contributed by atoms with Gasteiger partial charge in [0.1, 0.15) is 24.3 Å². The number of benzene rings is 1. The van der Waals surface area contributed by atoms with E-state index in [4.69, 9.17) is 4.74 Å². The van der Waals surface area contributed by atoms with Gasteiger partial charge in [0.25, 0.3) is 0 Å². The van der Waals surface area contributed by atoms with Gasteiger partial charge in [0, 0.05) is 43.4 Å². The zero-order chi connectivity index (χ0) is 18.5. The van der Waals surface area contributed by atoms with Crippen molar-refractivity contribution in [3.05, 3.63) is 52.1 Å². The second-order valence-corrected chi connectivity index (χ2v) is 7.77. The highest BCUT2D eigenvalue weighted by molar-refractivity contribution is 9.10. The van der Waals surface area contributed by atoms with Crippen LogP contribution in [0, 0.1) is 13.8 Å². The van der Waals surface area contributed by atoms with E-state index in [0.717, 1.165) is 53.3 Å². The number of hydrogen-bond donors (Lipinski definition) is 1. The van der Waals surface area contributed by atoms with E-state index in [1.807, 2.05) is 44.3 Å². The van der Waals surface area contributed by atoms with Crippen LogP contribution in [0.25, 0.3) is 0 Å². The van der Waals surface area contributed by atoms with E-state index >= 15 is 0 Å². The van der Waals surface area contributed by atoms with Crippen LogP contribution in [0.5, 0.6) is 5.75 Å². The standard InChI is InChI=1S/C20H26BrN3O2/c1-15-3-4-16(2)19(11-15)26-14-18(25)13-23-7-9-24(10-8-23)20-6-5-17(21)12-22-20/h3-6,11-12,18,25H,7-10,13-14H2,1-2H3. The van der Waals surface area contributed by atoms with E-state index in [1.165, 1.54) is 0 Å². The van der Waals surface area contributed by atoms with Gasteiger partial charge in [-0.3, -0.25) is 4.90 Å². The maximum Gasteiger partial charge on any atom is 0.128 e. The minimum atomic E-state index is -0.493. The molecule has 1 aliphatic heterocycles. The SMILES string of the molecule is Cc1ccc(C)c(OCC(O)CN2CCN(c3ccc(Br)cn3)CC2)c1. The van der Waals surface area contributed by atoms with Crippen molar-refractivity contribution in [2.24, 2.45) is 0 Å². The number of hydrogen-bond acceptors (Lipinski definition) is 5. The van der Waals surface area contributed by atoms with Crippen molar-refractivity contribution in [3.63, 3.8) is 0 Å². The monoisotopic (exact) mass is 419 g/mol. The minimum Gasteiger partial charge on any atom is -0.491 e. The maximum absolute atomic E-state index is 10.3. The first kappa shape index (κ1) is 19.1. The van der Waals surface area contributed by atoms with Crippen LogP contribution in [0.3, 0.4) is 0 Å². The van der Waals surface area contributed by atoms with Crippen LogP contribution in [0.2, 0.25) is 0 Å². The van der Waals surface area contributed by atoms with E-state index < -0.39 is 6.10 Å². The number of aryl methyl sites for hydroxylation is 2. The Hall–Kier alpha value is -1.63. The smallest absolute Gasteiger partial charge is 0.128 e. The van der Waals surface area contributed by atoms with Crippen LogP contribution in [-0.2, 0) is 0 Å². The molecule has 0 bridgehead atoms. The van der Waals surface area contributed by atoms with Crippen molar-refractivity contribution in [3.8, 4) is 5.75 Å². The Kier molecular flexibility index (Phi) is 6.51. The summed E-state index contributed by atoms with van der Waals surface area (Å²) in [5, 5.41) is 10.3. The first-order chi connectivity index (χ1) is 12.5. The molecule has 2 heterocycles. The Labute approximate surface area is 163 Å². The zero-order valence-corrected chi connectivity index (χ0v) is 16.9. The Balaban J connectivity index is 1.43. The summed E-state index contributed by atoms with van der Waals surface area (Å²) in [5.74, 6) is 1.86. The minimum absolute atomic E-state index is 0.318. The average molecular weight is 420 g/mol. The van der Waals surface area contributed by atoms with Crippen molar-refractivity contribution in [1.29, 1.82) is 0 Å². The lowest BCUT2D eigenvalue weighted by Crippen LogP contribution is -2.49. The molecule has 5 nitrogen and oxygen atoms in total. The highest BCUT2D eigenvalue weighted by atomic mass is 79.9. The molecule has 2 aromatic rings. The average Bonchev–Trinajstić information content (AvgIpc) is 2.64. The molecular formula is C20H26BrN3O2. The molecule has 0 aliphatic carbocycles. The molecule has 0 radical (unpaired) electrons. The highest BCUT2D eigenvalue weighted by Crippen LogP contribution is 2.20. The molecule has 140 valence electrons. The van der Waals surface area contributed by atoms with Crippen molar-refractivity contribution < 1.29 is 9.84 Å². The summed E-state index contributed by atoms with van der Waals surface area (Å²) in [7, 11) is 0. The number of anilines is 1. The van der Waals surface area contributed by atoms with Gasteiger partial charge in [-0.1, -0.05) is 12.1 Å². The number of ether oxygens (including phenoxy) is 1. The second-order valence-electron chi connectivity index (χ2n) is 6.86. The molecule has 0 saturated carbocycles. The van der Waals surface area contributed by atoms with Crippen molar-refractivity contribution >= 4 is 21.7 Å². The number of nitrogens with zero attached hydrogens (tertiary/aromatic N) is 3. The quantitative estimate of drug-likeness (QED) is 0.779. The van der Waals surface area contributed by atoms with Crippen LogP contribution >= 0.6 is 15.9 Å². The lowest BCUT2D eigenvalue weighted by molar-refractivity contribution is 0.0660. The van der Waals surface area contributed by atoms with Gasteiger partial charge in [0.15, 0.2) is 0 Å². The molecule has 1 saturated heterocycles. The number of aromatic nitrogens is 1. The third kappa shape index (κ3) is 5.19. The van der Waals surface area contributed by atoms with Crippen molar-refractivity contribution in [2.75, 3.05) is 44.2 Å². The lowest BCUT2D eigenvalue weighted by atomic mass is 10.1. The molecular weight excluding hydrogens is 394 g/mol. The van der Waals surface area contributed by atoms with Crippen molar-refractivity contribution in [1.82, 2.24) is 9.88 Å². The number of rotatable bonds is 6. The maximum atomic E-state index is 10.3. The summed E-state index contributed by atoms with van der Waals surface area (Å²) in [6.45, 7) is 8.68. The van der Waals surface area contributed by atoms with E-state index in [9.17, 15) is 5.11 Å². The van der Waals surface area contributed by atoms with E-state index in [-0.39, 0.29) is 0 Å². The summed E-state index contributed by atoms with van der Waals surface area (Å²) < 4.78 is 6.81. The van der Waals surface area contributed by atoms with Gasteiger partial charge in [-0.25, -0.2) is 4.98 Å². The fourth-order valence-corrected chi connectivity index (χ4v) is 3.35. The Bertz CT molecular complexity index is 715. The third-order valence-electron chi connectivity index (χ3n) is 4.65. The van der Waals surface area contributed by atoms with E-state index in [2.05, 4.69) is 36.8 Å². The van der Waals surface area contributed by atoms with Gasteiger partial charge < -0.3 is 14.7 Å². The van der Waals surface area contributed by atoms with Crippen LogP contribution in [0.1, 0.15) is 11.1 Å². The number of piperazine rings is 1. The highest BCUT2D eigenvalue weighted by Gasteiger charge is 2.20. The van der Waals surface area contributed by atoms with Crippen molar-refractivity contribution in [2.45, 2.75) is 20.0 Å². The predicted molar refractivity (Wildman–Crippen MR) is 108 cm³/mol. The summed E-state index contributed by atoms with van der Waals surface area (Å²) in [4.78, 5) is 9.02. The molecule has 0 spiro atoms. The third-order valence-corrected chi connectivity index (χ3v) is 5.12. The second kappa shape index (κ2) is 8.84. The van der Waals surface area contributed by atoms with Gasteiger partial charge in [-0.2, -0.15) is 0 Å². The molecule has 1 aromatic carbocycles. The van der Waals surface area contributed by atoms with Gasteiger partial charge >= 0.3 is 0 Å². The van der Waals surface area contributed by atoms with Gasteiger partial charge in [-0.05, 0) is 59.1 Å². The molecule has 3 rings (SSSR count). The molecule has 0 amide bonds. The molecule has 1 fully saturated rings. The molecule has 6 heteroatoms. The first-order valence-corrected chi connectivity index (χ1v) is 9.77. The van der Waals surface area contributed by atoms with Gasteiger partial charge in [0.2, 0.25) is 0 Å². The molecule has 1 aromatic heterocycles. The number of halogens is 1. The fraction of sp³-hybridized carbons (Fsp3) is 0.450. The molecule has 1 atom stereocenters. The largest absolute Gasteiger partial charge is 0.491 e. The summed E-state index contributed by atoms with van der Waals surface area (Å²) in [6.07, 6.45) is 1.34. The Morgan fingerprint density at radius 2 is 1.92 bits per heavy atom.